The van der Waals surface area contributed by atoms with Crippen molar-refractivity contribution in [1.29, 1.82) is 5.26 Å². The summed E-state index contributed by atoms with van der Waals surface area (Å²) in [5.41, 5.74) is 6.27. The first kappa shape index (κ1) is 17.5. The largest absolute Gasteiger partial charge is 0.497 e. The minimum atomic E-state index is 0.451. The van der Waals surface area contributed by atoms with E-state index >= 15 is 0 Å². The minimum absolute atomic E-state index is 0.451. The van der Waals surface area contributed by atoms with Crippen LogP contribution in [0.1, 0.15) is 34.7 Å². The zero-order chi connectivity index (χ0) is 18.8. The summed E-state index contributed by atoms with van der Waals surface area (Å²) in [5, 5.41) is 9.78. The van der Waals surface area contributed by atoms with Crippen LogP contribution in [0.2, 0.25) is 0 Å². The molecule has 4 heteroatoms. The van der Waals surface area contributed by atoms with E-state index < -0.39 is 0 Å². The normalized spacial score (nSPS) is 15.6. The molecule has 1 heterocycles. The third-order valence-corrected chi connectivity index (χ3v) is 5.67. The lowest BCUT2D eigenvalue weighted by molar-refractivity contribution is 0.415. The van der Waals surface area contributed by atoms with Crippen molar-refractivity contribution < 1.29 is 4.74 Å². The third-order valence-electron chi connectivity index (χ3n) is 5.36. The molecule has 4 rings (SSSR count). The highest BCUT2D eigenvalue weighted by molar-refractivity contribution is 7.71. The minimum Gasteiger partial charge on any atom is -0.497 e. The molecule has 2 aromatic carbocycles. The number of aryl methyl sites for hydroxylation is 1. The molecule has 3 aromatic rings. The topological polar surface area (TPSA) is 48.8 Å². The first-order valence-electron chi connectivity index (χ1n) is 9.08. The van der Waals surface area contributed by atoms with E-state index in [1.54, 1.807) is 7.11 Å². The molecule has 3 nitrogen and oxygen atoms in total. The van der Waals surface area contributed by atoms with Crippen LogP contribution in [0.3, 0.4) is 0 Å². The van der Waals surface area contributed by atoms with Crippen LogP contribution in [-0.2, 0) is 12.8 Å². The average Bonchev–Trinajstić information content (AvgIpc) is 2.73. The first-order valence-corrected chi connectivity index (χ1v) is 9.49. The second kappa shape index (κ2) is 7.38. The van der Waals surface area contributed by atoms with E-state index in [2.05, 4.69) is 35.3 Å². The number of nitrogens with one attached hydrogen (secondary N) is 1. The van der Waals surface area contributed by atoms with Crippen LogP contribution in [0.15, 0.2) is 54.6 Å². The van der Waals surface area contributed by atoms with Gasteiger partial charge in [-0.05, 0) is 54.0 Å². The van der Waals surface area contributed by atoms with E-state index in [4.69, 9.17) is 17.0 Å². The average molecular weight is 372 g/mol. The van der Waals surface area contributed by atoms with E-state index in [9.17, 15) is 5.26 Å². The lowest BCUT2D eigenvalue weighted by atomic mass is 9.78. The molecule has 0 saturated carbocycles. The highest BCUT2D eigenvalue weighted by atomic mass is 32.1. The van der Waals surface area contributed by atoms with Gasteiger partial charge in [0.05, 0.1) is 12.7 Å². The Balaban J connectivity index is 1.86. The van der Waals surface area contributed by atoms with Crippen LogP contribution in [0.5, 0.6) is 5.75 Å². The monoisotopic (exact) mass is 372 g/mol. The molecule has 134 valence electrons. The molecule has 1 aromatic heterocycles. The van der Waals surface area contributed by atoms with Crippen molar-refractivity contribution in [2.24, 2.45) is 0 Å². The van der Waals surface area contributed by atoms with Gasteiger partial charge in [-0.2, -0.15) is 5.26 Å². The number of rotatable bonds is 3. The summed E-state index contributed by atoms with van der Waals surface area (Å²) in [6.07, 6.45) is 2.92. The maximum absolute atomic E-state index is 9.78. The van der Waals surface area contributed by atoms with E-state index in [1.807, 2.05) is 30.3 Å². The van der Waals surface area contributed by atoms with Crippen molar-refractivity contribution in [2.45, 2.75) is 25.2 Å². The number of H-pyrrole nitrogens is 1. The Morgan fingerprint density at radius 3 is 2.52 bits per heavy atom. The Morgan fingerprint density at radius 2 is 1.85 bits per heavy atom. The predicted octanol–water partition coefficient (Wildman–Crippen LogP) is 5.56. The molecule has 0 aliphatic heterocycles. The van der Waals surface area contributed by atoms with Gasteiger partial charge in [0.1, 0.15) is 16.5 Å². The van der Waals surface area contributed by atoms with E-state index in [0.29, 0.717) is 16.1 Å². The van der Waals surface area contributed by atoms with E-state index in [1.165, 1.54) is 11.1 Å². The zero-order valence-corrected chi connectivity index (χ0v) is 16.0. The molecule has 1 aliphatic rings. The number of aromatic amines is 1. The van der Waals surface area contributed by atoms with Crippen molar-refractivity contribution in [3.8, 4) is 22.9 Å². The fourth-order valence-electron chi connectivity index (χ4n) is 3.99. The molecule has 1 atom stereocenters. The van der Waals surface area contributed by atoms with Gasteiger partial charge in [0, 0.05) is 11.3 Å². The van der Waals surface area contributed by atoms with Gasteiger partial charge in [0.15, 0.2) is 0 Å². The maximum atomic E-state index is 9.78. The Hall–Kier alpha value is -2.90. The second-order valence-electron chi connectivity index (χ2n) is 6.85. The Labute approximate surface area is 164 Å². The van der Waals surface area contributed by atoms with Crippen LogP contribution in [0, 0.1) is 16.0 Å². The van der Waals surface area contributed by atoms with Crippen molar-refractivity contribution in [2.75, 3.05) is 7.11 Å². The van der Waals surface area contributed by atoms with Gasteiger partial charge in [0.2, 0.25) is 0 Å². The van der Waals surface area contributed by atoms with Crippen molar-refractivity contribution >= 4 is 12.2 Å². The first-order chi connectivity index (χ1) is 13.2. The lowest BCUT2D eigenvalue weighted by Crippen LogP contribution is -2.16. The SMILES string of the molecule is COc1ccc(-c2c3c([nH]c(=S)c2C#N)CC[C@@H](c2ccccc2)C3)cc1. The van der Waals surface area contributed by atoms with Gasteiger partial charge in [-0.15, -0.1) is 0 Å². The maximum Gasteiger partial charge on any atom is 0.122 e. The molecule has 1 aliphatic carbocycles. The molecule has 0 amide bonds. The van der Waals surface area contributed by atoms with Crippen molar-refractivity contribution in [3.05, 3.63) is 81.6 Å². The predicted molar refractivity (Wildman–Crippen MR) is 110 cm³/mol. The fourth-order valence-corrected chi connectivity index (χ4v) is 4.26. The van der Waals surface area contributed by atoms with E-state index in [-0.39, 0.29) is 0 Å². The Kier molecular flexibility index (Phi) is 4.79. The van der Waals surface area contributed by atoms with Gasteiger partial charge in [0.25, 0.3) is 0 Å². The molecule has 0 bridgehead atoms. The summed E-state index contributed by atoms with van der Waals surface area (Å²) >= 11 is 5.49. The highest BCUT2D eigenvalue weighted by Crippen LogP contribution is 2.39. The summed E-state index contributed by atoms with van der Waals surface area (Å²) in [6, 6.07) is 20.8. The Bertz CT molecular complexity index is 1060. The van der Waals surface area contributed by atoms with E-state index in [0.717, 1.165) is 41.8 Å². The molecule has 1 N–H and O–H groups in total. The van der Waals surface area contributed by atoms with Gasteiger partial charge in [-0.3, -0.25) is 0 Å². The Morgan fingerprint density at radius 1 is 1.11 bits per heavy atom. The number of hydrogen-bond donors (Lipinski definition) is 1. The lowest BCUT2D eigenvalue weighted by Gasteiger charge is -2.27. The number of fused-ring (bicyclic) bond motifs is 1. The molecule has 27 heavy (non-hydrogen) atoms. The molecule has 0 fully saturated rings. The zero-order valence-electron chi connectivity index (χ0n) is 15.2. The van der Waals surface area contributed by atoms with Gasteiger partial charge in [-0.1, -0.05) is 54.7 Å². The molecule has 0 spiro atoms. The number of nitriles is 1. The number of pyridine rings is 1. The van der Waals surface area contributed by atoms with Crippen LogP contribution in [0.4, 0.5) is 0 Å². The summed E-state index contributed by atoms with van der Waals surface area (Å²) in [7, 11) is 1.65. The quantitative estimate of drug-likeness (QED) is 0.612. The van der Waals surface area contributed by atoms with Crippen LogP contribution >= 0.6 is 12.2 Å². The molecular formula is C23H20N2OS. The summed E-state index contributed by atoms with van der Waals surface area (Å²) in [4.78, 5) is 3.32. The number of ether oxygens (including phenoxy) is 1. The fraction of sp³-hybridized carbons (Fsp3) is 0.217. The number of aromatic nitrogens is 1. The number of benzene rings is 2. The number of nitrogens with zero attached hydrogens (tertiary/aromatic N) is 1. The molecule has 0 saturated heterocycles. The highest BCUT2D eigenvalue weighted by Gasteiger charge is 2.26. The summed E-state index contributed by atoms with van der Waals surface area (Å²) in [5.74, 6) is 1.25. The van der Waals surface area contributed by atoms with Gasteiger partial charge in [-0.25, -0.2) is 0 Å². The van der Waals surface area contributed by atoms with Gasteiger partial charge < -0.3 is 9.72 Å². The van der Waals surface area contributed by atoms with Gasteiger partial charge >= 0.3 is 0 Å². The van der Waals surface area contributed by atoms with Crippen LogP contribution < -0.4 is 4.74 Å². The number of hydrogen-bond acceptors (Lipinski definition) is 3. The third kappa shape index (κ3) is 3.27. The van der Waals surface area contributed by atoms with Crippen molar-refractivity contribution in [1.82, 2.24) is 4.98 Å². The molecular weight excluding hydrogens is 352 g/mol. The molecule has 0 radical (unpaired) electrons. The second-order valence-corrected chi connectivity index (χ2v) is 7.26. The number of methoxy groups -OCH3 is 1. The van der Waals surface area contributed by atoms with Crippen LogP contribution in [0.25, 0.3) is 11.1 Å². The molecule has 0 unspecified atom stereocenters. The smallest absolute Gasteiger partial charge is 0.122 e. The standard InChI is InChI=1S/C23H20N2OS/c1-26-18-10-7-16(8-11-18)22-19-13-17(15-5-3-2-4-6-15)9-12-21(19)25-23(27)20(22)14-24/h2-8,10-11,17H,9,12-13H2,1H3,(H,25,27)/t17-/m1/s1. The summed E-state index contributed by atoms with van der Waals surface area (Å²) < 4.78 is 5.81. The van der Waals surface area contributed by atoms with Crippen LogP contribution in [-0.4, -0.2) is 12.1 Å². The van der Waals surface area contributed by atoms with Crippen molar-refractivity contribution in [3.63, 3.8) is 0 Å². The summed E-state index contributed by atoms with van der Waals surface area (Å²) in [6.45, 7) is 0.